The molecule has 0 aromatic heterocycles. The second kappa shape index (κ2) is 6.72. The molecule has 6 heteroatoms. The molecule has 2 aromatic carbocycles. The molecule has 3 rings (SSSR count). The lowest BCUT2D eigenvalue weighted by atomic mass is 9.99. The van der Waals surface area contributed by atoms with Crippen LogP contribution < -0.4 is 5.73 Å². The van der Waals surface area contributed by atoms with Gasteiger partial charge in [0.2, 0.25) is 0 Å². The number of ether oxygens (including phenoxy) is 1. The van der Waals surface area contributed by atoms with Crippen LogP contribution in [-0.2, 0) is 14.6 Å². The van der Waals surface area contributed by atoms with E-state index < -0.39 is 20.5 Å². The highest BCUT2D eigenvalue weighted by Crippen LogP contribution is 2.63. The van der Waals surface area contributed by atoms with Crippen molar-refractivity contribution in [1.82, 2.24) is 0 Å². The molecular weight excluding hydrogens is 358 g/mol. The quantitative estimate of drug-likeness (QED) is 0.836. The number of hydrogen-bond donors (Lipinski definition) is 1. The highest BCUT2D eigenvalue weighted by molar-refractivity contribution is 7.92. The Morgan fingerprint density at radius 1 is 1.12 bits per heavy atom. The van der Waals surface area contributed by atoms with Crippen molar-refractivity contribution in [2.45, 2.75) is 23.0 Å². The third-order valence-corrected chi connectivity index (χ3v) is 7.68. The van der Waals surface area contributed by atoms with Crippen molar-refractivity contribution in [1.29, 1.82) is 0 Å². The number of methoxy groups -OCH3 is 1. The fourth-order valence-electron chi connectivity index (χ4n) is 3.74. The van der Waals surface area contributed by atoms with Crippen LogP contribution in [0.5, 0.6) is 0 Å². The Bertz CT molecular complexity index is 849. The van der Waals surface area contributed by atoms with Gasteiger partial charge in [-0.2, -0.15) is 0 Å². The summed E-state index contributed by atoms with van der Waals surface area (Å²) in [6, 6.07) is 14.2. The summed E-state index contributed by atoms with van der Waals surface area (Å²) in [5, 5.41) is -0.0966. The number of hydrogen-bond acceptors (Lipinski definition) is 4. The maximum absolute atomic E-state index is 13.3. The van der Waals surface area contributed by atoms with Gasteiger partial charge < -0.3 is 10.5 Å². The summed E-state index contributed by atoms with van der Waals surface area (Å²) >= 11 is 5.89. The van der Waals surface area contributed by atoms with Crippen LogP contribution in [0.2, 0.25) is 5.02 Å². The Hall–Kier alpha value is -1.40. The predicted molar refractivity (Wildman–Crippen MR) is 99.7 cm³/mol. The van der Waals surface area contributed by atoms with Crippen LogP contribution in [0.3, 0.4) is 0 Å². The number of benzene rings is 2. The smallest absolute Gasteiger partial charge is 0.182 e. The van der Waals surface area contributed by atoms with Gasteiger partial charge in [0.15, 0.2) is 9.84 Å². The molecular formula is C19H22ClNO3S. The van der Waals surface area contributed by atoms with Crippen molar-refractivity contribution in [2.24, 2.45) is 11.1 Å². The average Bonchev–Trinajstić information content (AvgIpc) is 3.26. The molecule has 0 aliphatic heterocycles. The van der Waals surface area contributed by atoms with Crippen molar-refractivity contribution in [2.75, 3.05) is 20.3 Å². The van der Waals surface area contributed by atoms with Crippen LogP contribution in [0.15, 0.2) is 53.4 Å². The van der Waals surface area contributed by atoms with Crippen LogP contribution in [0.4, 0.5) is 0 Å². The van der Waals surface area contributed by atoms with E-state index in [1.807, 2.05) is 31.2 Å². The minimum atomic E-state index is -3.55. The minimum Gasteiger partial charge on any atom is -0.384 e. The molecule has 2 aromatic rings. The van der Waals surface area contributed by atoms with Gasteiger partial charge >= 0.3 is 0 Å². The van der Waals surface area contributed by atoms with E-state index in [1.165, 1.54) is 0 Å². The highest BCUT2D eigenvalue weighted by atomic mass is 35.5. The second-order valence-electron chi connectivity index (χ2n) is 6.68. The molecule has 25 heavy (non-hydrogen) atoms. The first kappa shape index (κ1) is 18.4. The van der Waals surface area contributed by atoms with Gasteiger partial charge in [0.1, 0.15) is 0 Å². The average molecular weight is 380 g/mol. The summed E-state index contributed by atoms with van der Waals surface area (Å²) in [5.41, 5.74) is 7.54. The van der Waals surface area contributed by atoms with E-state index in [0.29, 0.717) is 11.6 Å². The molecule has 4 nitrogen and oxygen atoms in total. The Kier molecular flexibility index (Phi) is 4.95. The van der Waals surface area contributed by atoms with E-state index >= 15 is 0 Å². The summed E-state index contributed by atoms with van der Waals surface area (Å²) in [5.74, 6) is -0.182. The van der Waals surface area contributed by atoms with E-state index in [9.17, 15) is 8.42 Å². The van der Waals surface area contributed by atoms with E-state index in [2.05, 4.69) is 0 Å². The molecule has 1 fully saturated rings. The van der Waals surface area contributed by atoms with Crippen LogP contribution in [-0.4, -0.2) is 33.9 Å². The maximum Gasteiger partial charge on any atom is 0.182 e. The third kappa shape index (κ3) is 3.10. The molecule has 3 atom stereocenters. The van der Waals surface area contributed by atoms with Gasteiger partial charge in [-0.25, -0.2) is 8.42 Å². The molecule has 0 radical (unpaired) electrons. The SMILES string of the molecule is COC[C@]1(CN)[C@H](c2ccc(C)cc2)[C@H]1S(=O)(=O)c1ccc(Cl)cc1. The molecule has 0 bridgehead atoms. The lowest BCUT2D eigenvalue weighted by molar-refractivity contribution is 0.142. The molecule has 1 saturated carbocycles. The number of halogens is 1. The van der Waals surface area contributed by atoms with E-state index in [1.54, 1.807) is 31.4 Å². The lowest BCUT2D eigenvalue weighted by Crippen LogP contribution is -2.28. The molecule has 0 amide bonds. The highest BCUT2D eigenvalue weighted by Gasteiger charge is 2.70. The van der Waals surface area contributed by atoms with Gasteiger partial charge in [-0.3, -0.25) is 0 Å². The van der Waals surface area contributed by atoms with Crippen LogP contribution in [0.25, 0.3) is 0 Å². The van der Waals surface area contributed by atoms with Crippen LogP contribution in [0.1, 0.15) is 17.0 Å². The largest absolute Gasteiger partial charge is 0.384 e. The predicted octanol–water partition coefficient (Wildman–Crippen LogP) is 3.18. The zero-order valence-electron chi connectivity index (χ0n) is 14.3. The Morgan fingerprint density at radius 3 is 2.24 bits per heavy atom. The summed E-state index contributed by atoms with van der Waals surface area (Å²) in [6.45, 7) is 2.56. The minimum absolute atomic E-state index is 0.182. The Morgan fingerprint density at radius 2 is 1.72 bits per heavy atom. The molecule has 0 unspecified atom stereocenters. The number of sulfone groups is 1. The Labute approximate surface area is 153 Å². The third-order valence-electron chi connectivity index (χ3n) is 5.09. The van der Waals surface area contributed by atoms with E-state index in [0.717, 1.165) is 11.1 Å². The fraction of sp³-hybridized carbons (Fsp3) is 0.368. The first-order chi connectivity index (χ1) is 11.9. The van der Waals surface area contributed by atoms with Gasteiger partial charge in [-0.1, -0.05) is 41.4 Å². The fourth-order valence-corrected chi connectivity index (χ4v) is 6.31. The van der Waals surface area contributed by atoms with Gasteiger partial charge in [0.25, 0.3) is 0 Å². The summed E-state index contributed by atoms with van der Waals surface area (Å²) in [6.07, 6.45) is 0. The van der Waals surface area contributed by atoms with Crippen molar-refractivity contribution < 1.29 is 13.2 Å². The number of aryl methyl sites for hydroxylation is 1. The van der Waals surface area contributed by atoms with Gasteiger partial charge in [0.05, 0.1) is 16.8 Å². The Balaban J connectivity index is 2.05. The van der Waals surface area contributed by atoms with E-state index in [-0.39, 0.29) is 17.4 Å². The normalized spacial score (nSPS) is 25.8. The van der Waals surface area contributed by atoms with Crippen molar-refractivity contribution in [3.63, 3.8) is 0 Å². The maximum atomic E-state index is 13.3. The monoisotopic (exact) mass is 379 g/mol. The molecule has 1 aliphatic carbocycles. The molecule has 0 saturated heterocycles. The molecule has 0 heterocycles. The van der Waals surface area contributed by atoms with Gasteiger partial charge in [-0.05, 0) is 36.8 Å². The lowest BCUT2D eigenvalue weighted by Gasteiger charge is -2.15. The van der Waals surface area contributed by atoms with Crippen molar-refractivity contribution in [3.05, 3.63) is 64.7 Å². The number of nitrogens with two attached hydrogens (primary N) is 1. The second-order valence-corrected chi connectivity index (χ2v) is 9.18. The van der Waals surface area contributed by atoms with E-state index in [4.69, 9.17) is 22.1 Å². The van der Waals surface area contributed by atoms with Crippen LogP contribution in [0, 0.1) is 12.3 Å². The van der Waals surface area contributed by atoms with Crippen molar-refractivity contribution in [3.8, 4) is 0 Å². The molecule has 134 valence electrons. The molecule has 2 N–H and O–H groups in total. The van der Waals surface area contributed by atoms with Gasteiger partial charge in [0, 0.05) is 30.0 Å². The van der Waals surface area contributed by atoms with Gasteiger partial charge in [-0.15, -0.1) is 0 Å². The zero-order chi connectivity index (χ0) is 18.2. The first-order valence-electron chi connectivity index (χ1n) is 8.12. The molecule has 0 spiro atoms. The summed E-state index contributed by atoms with van der Waals surface area (Å²) < 4.78 is 31.9. The topological polar surface area (TPSA) is 69.4 Å². The standard InChI is InChI=1S/C19H22ClNO3S/c1-13-3-5-14(6-4-13)17-18(19(17,11-21)12-24-2)25(22,23)16-9-7-15(20)8-10-16/h3-10,17-18H,11-12,21H2,1-2H3/t17-,18-,19-/m1/s1. The number of rotatable bonds is 6. The van der Waals surface area contributed by atoms with Crippen LogP contribution >= 0.6 is 11.6 Å². The summed E-state index contributed by atoms with van der Waals surface area (Å²) in [7, 11) is -1.97. The zero-order valence-corrected chi connectivity index (χ0v) is 15.8. The first-order valence-corrected chi connectivity index (χ1v) is 10.0. The molecule has 1 aliphatic rings. The summed E-state index contributed by atoms with van der Waals surface area (Å²) in [4.78, 5) is 0.269. The van der Waals surface area contributed by atoms with Crippen molar-refractivity contribution >= 4 is 21.4 Å².